The zero-order valence-corrected chi connectivity index (χ0v) is 15.9. The molecule has 0 bridgehead atoms. The van der Waals surface area contributed by atoms with Gasteiger partial charge in [-0.25, -0.2) is 0 Å². The van der Waals surface area contributed by atoms with Gasteiger partial charge in [-0.2, -0.15) is 5.26 Å². The zero-order valence-electron chi connectivity index (χ0n) is 15.9. The molecule has 0 spiro atoms. The molecule has 0 aromatic carbocycles. The summed E-state index contributed by atoms with van der Waals surface area (Å²) < 4.78 is 0. The summed E-state index contributed by atoms with van der Waals surface area (Å²) in [5.41, 5.74) is 0.121. The average Bonchev–Trinajstić information content (AvgIpc) is 2.87. The maximum Gasteiger partial charge on any atom is 0.0660 e. The SMILES string of the molecule is CCC/C=C\C[C@@H]1[C@@H](/C=C/CC(O)C2(CC)CCC2)[C@H](O)C[C@H]1C#N. The van der Waals surface area contributed by atoms with Crippen molar-refractivity contribution in [2.75, 3.05) is 0 Å². The van der Waals surface area contributed by atoms with Crippen molar-refractivity contribution in [2.24, 2.45) is 23.2 Å². The third-order valence-electron chi connectivity index (χ3n) is 6.62. The molecule has 2 N–H and O–H groups in total. The Kier molecular flexibility index (Phi) is 7.72. The van der Waals surface area contributed by atoms with Gasteiger partial charge in [0.15, 0.2) is 0 Å². The van der Waals surface area contributed by atoms with Crippen LogP contribution in [0.3, 0.4) is 0 Å². The van der Waals surface area contributed by atoms with Crippen molar-refractivity contribution in [3.05, 3.63) is 24.3 Å². The van der Waals surface area contributed by atoms with Crippen LogP contribution in [-0.2, 0) is 0 Å². The number of hydrogen-bond donors (Lipinski definition) is 2. The first-order chi connectivity index (χ1) is 12.1. The quantitative estimate of drug-likeness (QED) is 0.592. The van der Waals surface area contributed by atoms with E-state index in [2.05, 4.69) is 44.2 Å². The van der Waals surface area contributed by atoms with E-state index in [4.69, 9.17) is 0 Å². The van der Waals surface area contributed by atoms with E-state index in [0.29, 0.717) is 12.8 Å². The predicted molar refractivity (Wildman–Crippen MR) is 102 cm³/mol. The normalized spacial score (nSPS) is 32.8. The maximum atomic E-state index is 10.5. The van der Waals surface area contributed by atoms with Crippen LogP contribution in [0.1, 0.15) is 71.6 Å². The highest BCUT2D eigenvalue weighted by Gasteiger charge is 2.42. The van der Waals surface area contributed by atoms with Gasteiger partial charge in [0.25, 0.3) is 0 Å². The molecule has 2 aliphatic carbocycles. The Labute approximate surface area is 153 Å². The van der Waals surface area contributed by atoms with Gasteiger partial charge in [0.2, 0.25) is 0 Å². The Bertz CT molecular complexity index is 495. The smallest absolute Gasteiger partial charge is 0.0660 e. The van der Waals surface area contributed by atoms with Gasteiger partial charge in [0.05, 0.1) is 24.2 Å². The fourth-order valence-corrected chi connectivity index (χ4v) is 4.59. The lowest BCUT2D eigenvalue weighted by molar-refractivity contribution is -0.0355. The van der Waals surface area contributed by atoms with Crippen LogP contribution in [0.2, 0.25) is 0 Å². The van der Waals surface area contributed by atoms with Gasteiger partial charge in [-0.3, -0.25) is 0 Å². The van der Waals surface area contributed by atoms with Crippen molar-refractivity contribution in [2.45, 2.75) is 83.8 Å². The molecule has 2 saturated carbocycles. The second-order valence-corrected chi connectivity index (χ2v) is 8.02. The molecule has 1 unspecified atom stereocenters. The number of hydrogen-bond acceptors (Lipinski definition) is 3. The average molecular weight is 346 g/mol. The highest BCUT2D eigenvalue weighted by molar-refractivity contribution is 5.10. The second-order valence-electron chi connectivity index (χ2n) is 8.02. The molecule has 2 aliphatic rings. The van der Waals surface area contributed by atoms with Crippen LogP contribution in [-0.4, -0.2) is 22.4 Å². The van der Waals surface area contributed by atoms with Gasteiger partial charge >= 0.3 is 0 Å². The molecule has 2 rings (SSSR count). The molecule has 2 fully saturated rings. The minimum atomic E-state index is -0.438. The predicted octanol–water partition coefficient (Wildman–Crippen LogP) is 4.76. The number of rotatable bonds is 9. The van der Waals surface area contributed by atoms with Crippen LogP contribution < -0.4 is 0 Å². The van der Waals surface area contributed by atoms with Crippen molar-refractivity contribution < 1.29 is 10.2 Å². The fourth-order valence-electron chi connectivity index (χ4n) is 4.59. The first-order valence-electron chi connectivity index (χ1n) is 10.1. The minimum absolute atomic E-state index is 0.0297. The van der Waals surface area contributed by atoms with Crippen molar-refractivity contribution >= 4 is 0 Å². The largest absolute Gasteiger partial charge is 0.392 e. The highest BCUT2D eigenvalue weighted by atomic mass is 16.3. The molecule has 5 atom stereocenters. The van der Waals surface area contributed by atoms with E-state index in [-0.39, 0.29) is 29.3 Å². The molecular formula is C22H35NO2. The summed E-state index contributed by atoms with van der Waals surface area (Å²) in [4.78, 5) is 0. The first-order valence-corrected chi connectivity index (χ1v) is 10.1. The van der Waals surface area contributed by atoms with Crippen molar-refractivity contribution in [1.82, 2.24) is 0 Å². The summed E-state index contributed by atoms with van der Waals surface area (Å²) >= 11 is 0. The molecule has 0 aromatic heterocycles. The van der Waals surface area contributed by atoms with E-state index in [1.807, 2.05) is 0 Å². The number of nitrogens with zero attached hydrogens (tertiary/aromatic N) is 1. The van der Waals surface area contributed by atoms with Gasteiger partial charge in [-0.15, -0.1) is 0 Å². The zero-order chi connectivity index (χ0) is 18.3. The van der Waals surface area contributed by atoms with Crippen LogP contribution in [0.25, 0.3) is 0 Å². The Morgan fingerprint density at radius 1 is 1.24 bits per heavy atom. The number of aliphatic hydroxyl groups is 2. The molecule has 0 aliphatic heterocycles. The molecule has 3 nitrogen and oxygen atoms in total. The Morgan fingerprint density at radius 3 is 2.56 bits per heavy atom. The summed E-state index contributed by atoms with van der Waals surface area (Å²) in [6.07, 6.45) is 16.6. The van der Waals surface area contributed by atoms with Crippen LogP contribution in [0, 0.1) is 34.5 Å². The molecule has 0 aromatic rings. The monoisotopic (exact) mass is 345 g/mol. The topological polar surface area (TPSA) is 64.2 Å². The van der Waals surface area contributed by atoms with Gasteiger partial charge in [-0.05, 0) is 56.3 Å². The summed E-state index contributed by atoms with van der Waals surface area (Å²) in [7, 11) is 0. The third kappa shape index (κ3) is 4.74. The lowest BCUT2D eigenvalue weighted by Gasteiger charge is -2.45. The summed E-state index contributed by atoms with van der Waals surface area (Å²) in [5, 5.41) is 30.4. The van der Waals surface area contributed by atoms with Gasteiger partial charge in [0, 0.05) is 5.92 Å². The lowest BCUT2D eigenvalue weighted by Crippen LogP contribution is -2.40. The van der Waals surface area contributed by atoms with Crippen LogP contribution in [0.5, 0.6) is 0 Å². The van der Waals surface area contributed by atoms with Gasteiger partial charge in [-0.1, -0.05) is 51.0 Å². The van der Waals surface area contributed by atoms with E-state index < -0.39 is 6.10 Å². The van der Waals surface area contributed by atoms with E-state index in [0.717, 1.165) is 38.5 Å². The highest BCUT2D eigenvalue weighted by Crippen LogP contribution is 2.48. The Hall–Kier alpha value is -1.11. The van der Waals surface area contributed by atoms with Crippen molar-refractivity contribution in [3.8, 4) is 6.07 Å². The summed E-state index contributed by atoms with van der Waals surface area (Å²) in [6.45, 7) is 4.33. The number of nitriles is 1. The number of allylic oxidation sites excluding steroid dienone is 2. The standard InChI is InChI=1S/C22H35NO2/c1-3-5-6-7-10-18-17(16-23)15-20(24)19(18)11-8-12-21(25)22(4-2)13-9-14-22/h6-8,11,17-21,24-25H,3-5,9-10,12-15H2,1-2H3/b7-6-,11-8+/t17-,18-,19+,20+,21?/m0/s1. The van der Waals surface area contributed by atoms with Crippen LogP contribution in [0.15, 0.2) is 24.3 Å². The lowest BCUT2D eigenvalue weighted by atomic mass is 9.63. The molecular weight excluding hydrogens is 310 g/mol. The molecule has 0 amide bonds. The molecule has 140 valence electrons. The molecule has 0 heterocycles. The number of unbranched alkanes of at least 4 members (excludes halogenated alkanes) is 1. The molecule has 0 radical (unpaired) electrons. The molecule has 0 saturated heterocycles. The number of aliphatic hydroxyl groups excluding tert-OH is 2. The van der Waals surface area contributed by atoms with Gasteiger partial charge in [0.1, 0.15) is 0 Å². The van der Waals surface area contributed by atoms with Gasteiger partial charge < -0.3 is 10.2 Å². The van der Waals surface area contributed by atoms with Crippen LogP contribution in [0.4, 0.5) is 0 Å². The van der Waals surface area contributed by atoms with Crippen LogP contribution >= 0.6 is 0 Å². The van der Waals surface area contributed by atoms with E-state index in [1.165, 1.54) is 6.42 Å². The van der Waals surface area contributed by atoms with E-state index >= 15 is 0 Å². The van der Waals surface area contributed by atoms with E-state index in [9.17, 15) is 15.5 Å². The second kappa shape index (κ2) is 9.55. The van der Waals surface area contributed by atoms with E-state index in [1.54, 1.807) is 0 Å². The molecule has 3 heteroatoms. The Morgan fingerprint density at radius 2 is 2.00 bits per heavy atom. The summed E-state index contributed by atoms with van der Waals surface area (Å²) in [5.74, 6) is 0.141. The van der Waals surface area contributed by atoms with Crippen molar-refractivity contribution in [1.29, 1.82) is 5.26 Å². The molecule has 25 heavy (non-hydrogen) atoms. The van der Waals surface area contributed by atoms with Crippen molar-refractivity contribution in [3.63, 3.8) is 0 Å². The first kappa shape index (κ1) is 20.2. The Balaban J connectivity index is 1.95. The third-order valence-corrected chi connectivity index (χ3v) is 6.62. The minimum Gasteiger partial charge on any atom is -0.392 e. The maximum absolute atomic E-state index is 10.5. The fraction of sp³-hybridized carbons (Fsp3) is 0.773. The summed E-state index contributed by atoms with van der Waals surface area (Å²) in [6, 6.07) is 2.39.